The molecule has 1 aliphatic heterocycles. The second-order valence-corrected chi connectivity index (χ2v) is 7.20. The number of carbonyl (C=O) groups excluding carboxylic acids is 2. The van der Waals surface area contributed by atoms with Crippen LogP contribution < -0.4 is 5.32 Å². The van der Waals surface area contributed by atoms with Gasteiger partial charge in [-0.3, -0.25) is 9.59 Å². The molecule has 0 bridgehead atoms. The van der Waals surface area contributed by atoms with Crippen LogP contribution in [0.5, 0.6) is 0 Å². The minimum Gasteiger partial charge on any atom is -0.324 e. The Morgan fingerprint density at radius 2 is 1.68 bits per heavy atom. The lowest BCUT2D eigenvalue weighted by Gasteiger charge is -2.31. The molecule has 1 heterocycles. The van der Waals surface area contributed by atoms with Crippen LogP contribution in [-0.2, 0) is 4.79 Å². The predicted octanol–water partition coefficient (Wildman–Crippen LogP) is 4.49. The fourth-order valence-electron chi connectivity index (χ4n) is 3.78. The molecular formula is C24H22N2O2. The van der Waals surface area contributed by atoms with Gasteiger partial charge in [0.25, 0.3) is 5.91 Å². The third kappa shape index (κ3) is 3.29. The molecule has 0 aliphatic carbocycles. The smallest absolute Gasteiger partial charge is 0.255 e. The lowest BCUT2D eigenvalue weighted by atomic mass is 9.93. The molecule has 1 aliphatic rings. The van der Waals surface area contributed by atoms with E-state index in [2.05, 4.69) is 11.4 Å². The molecular weight excluding hydrogens is 348 g/mol. The van der Waals surface area contributed by atoms with Crippen molar-refractivity contribution in [3.8, 4) is 0 Å². The zero-order valence-corrected chi connectivity index (χ0v) is 16.0. The van der Waals surface area contributed by atoms with E-state index in [4.69, 9.17) is 0 Å². The standard InChI is InChI=1S/C24H22N2O2/c1-16-12-13-21-20(14-16)23(18-9-4-3-5-10-18)26(15-22(27)25-21)24(28)19-11-7-6-8-17(19)2/h3-14,23H,15H2,1-2H3,(H,25,27)/t23-/m0/s1. The van der Waals surface area contributed by atoms with Crippen LogP contribution in [0, 0.1) is 13.8 Å². The van der Waals surface area contributed by atoms with Gasteiger partial charge in [-0.1, -0.05) is 66.2 Å². The summed E-state index contributed by atoms with van der Waals surface area (Å²) >= 11 is 0. The van der Waals surface area contributed by atoms with Gasteiger partial charge >= 0.3 is 0 Å². The Morgan fingerprint density at radius 1 is 0.964 bits per heavy atom. The van der Waals surface area contributed by atoms with Crippen molar-refractivity contribution in [3.63, 3.8) is 0 Å². The van der Waals surface area contributed by atoms with E-state index in [-0.39, 0.29) is 24.4 Å². The Labute approximate surface area is 164 Å². The molecule has 1 atom stereocenters. The van der Waals surface area contributed by atoms with E-state index in [9.17, 15) is 9.59 Å². The zero-order valence-electron chi connectivity index (χ0n) is 16.0. The second-order valence-electron chi connectivity index (χ2n) is 7.20. The van der Waals surface area contributed by atoms with Crippen LogP contribution in [-0.4, -0.2) is 23.3 Å². The monoisotopic (exact) mass is 370 g/mol. The first-order valence-electron chi connectivity index (χ1n) is 9.36. The summed E-state index contributed by atoms with van der Waals surface area (Å²) in [5.74, 6) is -0.332. The largest absolute Gasteiger partial charge is 0.324 e. The number of nitrogens with zero attached hydrogens (tertiary/aromatic N) is 1. The van der Waals surface area contributed by atoms with E-state index in [1.807, 2.05) is 80.6 Å². The Kier molecular flexibility index (Phi) is 4.70. The van der Waals surface area contributed by atoms with Crippen LogP contribution >= 0.6 is 0 Å². The maximum atomic E-state index is 13.5. The van der Waals surface area contributed by atoms with Gasteiger partial charge in [0.15, 0.2) is 0 Å². The summed E-state index contributed by atoms with van der Waals surface area (Å²) in [4.78, 5) is 27.9. The molecule has 4 heteroatoms. The Balaban J connectivity index is 1.91. The van der Waals surface area contributed by atoms with Crippen LogP contribution in [0.25, 0.3) is 0 Å². The lowest BCUT2D eigenvalue weighted by Crippen LogP contribution is -2.39. The zero-order chi connectivity index (χ0) is 19.7. The van der Waals surface area contributed by atoms with Crippen molar-refractivity contribution in [2.75, 3.05) is 11.9 Å². The Morgan fingerprint density at radius 3 is 2.43 bits per heavy atom. The van der Waals surface area contributed by atoms with Gasteiger partial charge in [0.1, 0.15) is 6.54 Å². The first-order chi connectivity index (χ1) is 13.5. The maximum Gasteiger partial charge on any atom is 0.255 e. The van der Waals surface area contributed by atoms with Crippen LogP contribution in [0.1, 0.15) is 38.7 Å². The molecule has 0 aromatic heterocycles. The maximum absolute atomic E-state index is 13.5. The fourth-order valence-corrected chi connectivity index (χ4v) is 3.78. The summed E-state index contributed by atoms with van der Waals surface area (Å²) in [5.41, 5.74) is 5.26. The predicted molar refractivity (Wildman–Crippen MR) is 110 cm³/mol. The average molecular weight is 370 g/mol. The van der Waals surface area contributed by atoms with Gasteiger partial charge in [-0.15, -0.1) is 0 Å². The van der Waals surface area contributed by atoms with Crippen molar-refractivity contribution in [3.05, 3.63) is 101 Å². The summed E-state index contributed by atoms with van der Waals surface area (Å²) < 4.78 is 0. The minimum atomic E-state index is -0.345. The van der Waals surface area contributed by atoms with Crippen LogP contribution in [0.15, 0.2) is 72.8 Å². The molecule has 140 valence electrons. The summed E-state index contributed by atoms with van der Waals surface area (Å²) in [7, 11) is 0. The van der Waals surface area contributed by atoms with E-state index in [0.29, 0.717) is 5.56 Å². The number of nitrogens with one attached hydrogen (secondary N) is 1. The van der Waals surface area contributed by atoms with Gasteiger partial charge in [-0.05, 0) is 37.1 Å². The van der Waals surface area contributed by atoms with Crippen molar-refractivity contribution in [1.29, 1.82) is 0 Å². The van der Waals surface area contributed by atoms with Gasteiger partial charge < -0.3 is 10.2 Å². The van der Waals surface area contributed by atoms with Gasteiger partial charge in [-0.25, -0.2) is 0 Å². The van der Waals surface area contributed by atoms with Crippen LogP contribution in [0.4, 0.5) is 5.69 Å². The van der Waals surface area contributed by atoms with Crippen molar-refractivity contribution in [2.45, 2.75) is 19.9 Å². The van der Waals surface area contributed by atoms with E-state index < -0.39 is 0 Å². The molecule has 3 aromatic rings. The molecule has 0 saturated heterocycles. The van der Waals surface area contributed by atoms with E-state index in [1.54, 1.807) is 4.90 Å². The van der Waals surface area contributed by atoms with Crippen LogP contribution in [0.2, 0.25) is 0 Å². The number of benzene rings is 3. The molecule has 4 rings (SSSR count). The third-order valence-electron chi connectivity index (χ3n) is 5.15. The molecule has 0 radical (unpaired) electrons. The van der Waals surface area contributed by atoms with Gasteiger partial charge in [-0.2, -0.15) is 0 Å². The molecule has 3 aromatic carbocycles. The lowest BCUT2D eigenvalue weighted by molar-refractivity contribution is -0.117. The molecule has 4 nitrogen and oxygen atoms in total. The molecule has 0 fully saturated rings. The molecule has 1 N–H and O–H groups in total. The van der Waals surface area contributed by atoms with Crippen molar-refractivity contribution in [1.82, 2.24) is 4.90 Å². The number of aryl methyl sites for hydroxylation is 2. The highest BCUT2D eigenvalue weighted by Crippen LogP contribution is 2.37. The first-order valence-corrected chi connectivity index (χ1v) is 9.36. The number of hydrogen-bond donors (Lipinski definition) is 1. The fraction of sp³-hybridized carbons (Fsp3) is 0.167. The summed E-state index contributed by atoms with van der Waals surface area (Å²) in [6.07, 6.45) is 0. The molecule has 2 amide bonds. The normalized spacial score (nSPS) is 16.1. The van der Waals surface area contributed by atoms with Crippen molar-refractivity contribution < 1.29 is 9.59 Å². The topological polar surface area (TPSA) is 49.4 Å². The Bertz CT molecular complexity index is 1040. The SMILES string of the molecule is Cc1ccc2c(c1)[C@H](c1ccccc1)N(C(=O)c1ccccc1C)CC(=O)N2. The molecule has 28 heavy (non-hydrogen) atoms. The first kappa shape index (κ1) is 18.0. The number of anilines is 1. The minimum absolute atomic E-state index is 0.000453. The highest BCUT2D eigenvalue weighted by molar-refractivity contribution is 6.02. The van der Waals surface area contributed by atoms with Gasteiger partial charge in [0.05, 0.1) is 6.04 Å². The quantitative estimate of drug-likeness (QED) is 0.723. The van der Waals surface area contributed by atoms with E-state index in [0.717, 1.165) is 27.9 Å². The van der Waals surface area contributed by atoms with Crippen LogP contribution in [0.3, 0.4) is 0 Å². The van der Waals surface area contributed by atoms with Gasteiger partial charge in [0, 0.05) is 16.8 Å². The third-order valence-corrected chi connectivity index (χ3v) is 5.15. The van der Waals surface area contributed by atoms with Crippen molar-refractivity contribution in [2.24, 2.45) is 0 Å². The number of fused-ring (bicyclic) bond motifs is 1. The second kappa shape index (κ2) is 7.31. The van der Waals surface area contributed by atoms with E-state index in [1.165, 1.54) is 0 Å². The summed E-state index contributed by atoms with van der Waals surface area (Å²) in [5, 5.41) is 2.97. The highest BCUT2D eigenvalue weighted by Gasteiger charge is 2.34. The Hall–Kier alpha value is -3.40. The van der Waals surface area contributed by atoms with E-state index >= 15 is 0 Å². The molecule has 0 unspecified atom stereocenters. The average Bonchev–Trinajstić information content (AvgIpc) is 2.84. The number of amides is 2. The molecule has 0 spiro atoms. The number of carbonyl (C=O) groups is 2. The summed E-state index contributed by atoms with van der Waals surface area (Å²) in [6, 6.07) is 23.0. The number of hydrogen-bond acceptors (Lipinski definition) is 2. The highest BCUT2D eigenvalue weighted by atomic mass is 16.2. The van der Waals surface area contributed by atoms with Crippen molar-refractivity contribution >= 4 is 17.5 Å². The van der Waals surface area contributed by atoms with Gasteiger partial charge in [0.2, 0.25) is 5.91 Å². The number of rotatable bonds is 2. The summed E-state index contributed by atoms with van der Waals surface area (Å²) in [6.45, 7) is 3.93. The molecule has 0 saturated carbocycles.